The first-order valence-corrected chi connectivity index (χ1v) is 6.67. The molecule has 21 heavy (non-hydrogen) atoms. The Labute approximate surface area is 121 Å². The topological polar surface area (TPSA) is 50.4 Å². The summed E-state index contributed by atoms with van der Waals surface area (Å²) in [6.45, 7) is 4.69. The van der Waals surface area contributed by atoms with Crippen LogP contribution in [0.2, 0.25) is 0 Å². The van der Waals surface area contributed by atoms with E-state index < -0.39 is 6.36 Å². The highest BCUT2D eigenvalue weighted by atomic mass is 19.4. The molecule has 1 unspecified atom stereocenters. The minimum atomic E-state index is -4.69. The van der Waals surface area contributed by atoms with E-state index in [4.69, 9.17) is 0 Å². The molecule has 0 saturated carbocycles. The number of rotatable bonds is 7. The van der Waals surface area contributed by atoms with Crippen LogP contribution in [-0.2, 0) is 11.3 Å². The third-order valence-corrected chi connectivity index (χ3v) is 2.71. The minimum absolute atomic E-state index is 0.103. The molecule has 0 bridgehead atoms. The van der Waals surface area contributed by atoms with Crippen LogP contribution in [0.5, 0.6) is 5.75 Å². The molecule has 0 fully saturated rings. The molecule has 0 spiro atoms. The fraction of sp³-hybridized carbons (Fsp3) is 0.500. The molecule has 4 nitrogen and oxygen atoms in total. The Morgan fingerprint density at radius 2 is 1.90 bits per heavy atom. The molecule has 7 heteroatoms. The summed E-state index contributed by atoms with van der Waals surface area (Å²) in [4.78, 5) is 11.6. The summed E-state index contributed by atoms with van der Waals surface area (Å²) in [5, 5.41) is 5.76. The van der Waals surface area contributed by atoms with Crippen molar-refractivity contribution in [3.05, 3.63) is 29.8 Å². The second-order valence-corrected chi connectivity index (χ2v) is 4.59. The van der Waals surface area contributed by atoms with Gasteiger partial charge in [-0.3, -0.25) is 4.79 Å². The number of hydrogen-bond donors (Lipinski definition) is 2. The zero-order chi connectivity index (χ0) is 15.9. The van der Waals surface area contributed by atoms with Crippen molar-refractivity contribution in [1.29, 1.82) is 0 Å². The first-order valence-electron chi connectivity index (χ1n) is 6.67. The number of carbonyl (C=O) groups is 1. The number of amides is 1. The van der Waals surface area contributed by atoms with Crippen LogP contribution in [0, 0.1) is 0 Å². The maximum atomic E-state index is 12.0. The van der Waals surface area contributed by atoms with Crippen molar-refractivity contribution in [1.82, 2.24) is 10.6 Å². The summed E-state index contributed by atoms with van der Waals surface area (Å²) in [5.41, 5.74) is 0.764. The lowest BCUT2D eigenvalue weighted by molar-refractivity contribution is -0.274. The average molecular weight is 304 g/mol. The van der Waals surface area contributed by atoms with E-state index >= 15 is 0 Å². The van der Waals surface area contributed by atoms with Gasteiger partial charge in [0.1, 0.15) is 5.75 Å². The van der Waals surface area contributed by atoms with Gasteiger partial charge in [0, 0.05) is 13.1 Å². The van der Waals surface area contributed by atoms with Gasteiger partial charge in [0.2, 0.25) is 5.91 Å². The van der Waals surface area contributed by atoms with E-state index in [0.29, 0.717) is 13.1 Å². The Bertz CT molecular complexity index is 447. The predicted octanol–water partition coefficient (Wildman–Crippen LogP) is 2.59. The smallest absolute Gasteiger partial charge is 0.406 e. The summed E-state index contributed by atoms with van der Waals surface area (Å²) in [5.74, 6) is -0.367. The largest absolute Gasteiger partial charge is 0.573 e. The predicted molar refractivity (Wildman–Crippen MR) is 72.7 cm³/mol. The van der Waals surface area contributed by atoms with E-state index in [9.17, 15) is 18.0 Å². The number of hydrogen-bond acceptors (Lipinski definition) is 3. The SMILES string of the molecule is CCCNC(=O)C(C)NCc1ccc(OC(F)(F)F)cc1. The molecule has 0 aromatic heterocycles. The summed E-state index contributed by atoms with van der Waals surface area (Å²) in [7, 11) is 0. The lowest BCUT2D eigenvalue weighted by Gasteiger charge is -2.14. The van der Waals surface area contributed by atoms with Crippen LogP contribution >= 0.6 is 0 Å². The number of benzene rings is 1. The third-order valence-electron chi connectivity index (χ3n) is 2.71. The van der Waals surface area contributed by atoms with Gasteiger partial charge in [-0.05, 0) is 31.0 Å². The third kappa shape index (κ3) is 6.99. The number of ether oxygens (including phenoxy) is 1. The minimum Gasteiger partial charge on any atom is -0.406 e. The van der Waals surface area contributed by atoms with Crippen LogP contribution in [-0.4, -0.2) is 24.9 Å². The Balaban J connectivity index is 2.44. The van der Waals surface area contributed by atoms with Crippen molar-refractivity contribution in [2.45, 2.75) is 39.2 Å². The normalized spacial score (nSPS) is 12.8. The van der Waals surface area contributed by atoms with E-state index in [-0.39, 0.29) is 17.7 Å². The Kier molecular flexibility index (Phi) is 6.48. The highest BCUT2D eigenvalue weighted by molar-refractivity contribution is 5.81. The number of nitrogens with one attached hydrogen (secondary N) is 2. The van der Waals surface area contributed by atoms with E-state index in [0.717, 1.165) is 12.0 Å². The maximum absolute atomic E-state index is 12.0. The van der Waals surface area contributed by atoms with Gasteiger partial charge < -0.3 is 15.4 Å². The van der Waals surface area contributed by atoms with E-state index in [1.807, 2.05) is 6.92 Å². The van der Waals surface area contributed by atoms with Gasteiger partial charge in [-0.1, -0.05) is 19.1 Å². The van der Waals surface area contributed by atoms with Gasteiger partial charge >= 0.3 is 6.36 Å². The standard InChI is InChI=1S/C14H19F3N2O2/c1-3-8-18-13(20)10(2)19-9-11-4-6-12(7-5-11)21-14(15,16)17/h4-7,10,19H,3,8-9H2,1-2H3,(H,18,20). The highest BCUT2D eigenvalue weighted by Crippen LogP contribution is 2.22. The second-order valence-electron chi connectivity index (χ2n) is 4.59. The van der Waals surface area contributed by atoms with Gasteiger partial charge in [-0.25, -0.2) is 0 Å². The highest BCUT2D eigenvalue weighted by Gasteiger charge is 2.30. The summed E-state index contributed by atoms with van der Waals surface area (Å²) >= 11 is 0. The van der Waals surface area contributed by atoms with Gasteiger partial charge in [-0.2, -0.15) is 0 Å². The molecule has 1 aromatic carbocycles. The monoisotopic (exact) mass is 304 g/mol. The van der Waals surface area contributed by atoms with Gasteiger partial charge in [-0.15, -0.1) is 13.2 Å². The van der Waals surface area contributed by atoms with Crippen LogP contribution in [0.1, 0.15) is 25.8 Å². The van der Waals surface area contributed by atoms with Crippen molar-refractivity contribution >= 4 is 5.91 Å². The number of halogens is 3. The average Bonchev–Trinajstić information content (AvgIpc) is 2.42. The summed E-state index contributed by atoms with van der Waals surface area (Å²) in [6.07, 6.45) is -3.83. The molecule has 0 aliphatic rings. The van der Waals surface area contributed by atoms with Crippen LogP contribution < -0.4 is 15.4 Å². The first kappa shape index (κ1) is 17.3. The zero-order valence-electron chi connectivity index (χ0n) is 12.0. The van der Waals surface area contributed by atoms with Gasteiger partial charge in [0.15, 0.2) is 0 Å². The molecule has 118 valence electrons. The summed E-state index contributed by atoms with van der Waals surface area (Å²) < 4.78 is 39.8. The van der Waals surface area contributed by atoms with Crippen LogP contribution in [0.25, 0.3) is 0 Å². The van der Waals surface area contributed by atoms with Crippen LogP contribution in [0.4, 0.5) is 13.2 Å². The van der Waals surface area contributed by atoms with E-state index in [1.54, 1.807) is 6.92 Å². The molecule has 0 heterocycles. The quantitative estimate of drug-likeness (QED) is 0.814. The molecule has 0 aliphatic heterocycles. The molecule has 1 rings (SSSR count). The molecule has 1 atom stereocenters. The van der Waals surface area contributed by atoms with Gasteiger partial charge in [0.25, 0.3) is 0 Å². The van der Waals surface area contributed by atoms with Crippen molar-refractivity contribution in [2.75, 3.05) is 6.54 Å². The van der Waals surface area contributed by atoms with Crippen molar-refractivity contribution in [2.24, 2.45) is 0 Å². The summed E-state index contributed by atoms with van der Waals surface area (Å²) in [6, 6.07) is 5.15. The Morgan fingerprint density at radius 3 is 2.43 bits per heavy atom. The Morgan fingerprint density at radius 1 is 1.29 bits per heavy atom. The van der Waals surface area contributed by atoms with Crippen molar-refractivity contribution < 1.29 is 22.7 Å². The molecular weight excluding hydrogens is 285 g/mol. The Hall–Kier alpha value is -1.76. The molecule has 2 N–H and O–H groups in total. The lowest BCUT2D eigenvalue weighted by atomic mass is 10.2. The maximum Gasteiger partial charge on any atom is 0.573 e. The van der Waals surface area contributed by atoms with E-state index in [2.05, 4.69) is 15.4 Å². The van der Waals surface area contributed by atoms with Crippen LogP contribution in [0.3, 0.4) is 0 Å². The van der Waals surface area contributed by atoms with E-state index in [1.165, 1.54) is 24.3 Å². The molecular formula is C14H19F3N2O2. The number of carbonyl (C=O) groups excluding carboxylic acids is 1. The molecule has 0 saturated heterocycles. The fourth-order valence-electron chi connectivity index (χ4n) is 1.57. The molecule has 0 aliphatic carbocycles. The van der Waals surface area contributed by atoms with Crippen molar-refractivity contribution in [3.63, 3.8) is 0 Å². The lowest BCUT2D eigenvalue weighted by Crippen LogP contribution is -2.42. The van der Waals surface area contributed by atoms with Crippen LogP contribution in [0.15, 0.2) is 24.3 Å². The van der Waals surface area contributed by atoms with Crippen molar-refractivity contribution in [3.8, 4) is 5.75 Å². The van der Waals surface area contributed by atoms with Gasteiger partial charge in [0.05, 0.1) is 6.04 Å². The first-order chi connectivity index (χ1) is 9.81. The fourth-order valence-corrected chi connectivity index (χ4v) is 1.57. The zero-order valence-corrected chi connectivity index (χ0v) is 12.0. The second kappa shape index (κ2) is 7.87. The molecule has 0 radical (unpaired) electrons. The molecule has 1 amide bonds. The molecule has 1 aromatic rings. The number of alkyl halides is 3.